The summed E-state index contributed by atoms with van der Waals surface area (Å²) in [5.41, 5.74) is 5.47. The largest absolute Gasteiger partial charge is 0.370 e. The van der Waals surface area contributed by atoms with Crippen LogP contribution in [0.3, 0.4) is 0 Å². The van der Waals surface area contributed by atoms with Crippen molar-refractivity contribution >= 4 is 28.1 Å². The zero-order valence-corrected chi connectivity index (χ0v) is 21.3. The molecule has 1 aliphatic rings. The molecule has 7 heteroatoms. The number of nitrogens with zero attached hydrogens (tertiary/aromatic N) is 5. The lowest BCUT2D eigenvalue weighted by atomic mass is 10.0. The molecular formula is C30H33N7. The van der Waals surface area contributed by atoms with Gasteiger partial charge in [-0.3, -0.25) is 4.98 Å². The van der Waals surface area contributed by atoms with E-state index in [0.29, 0.717) is 5.56 Å². The summed E-state index contributed by atoms with van der Waals surface area (Å²) in [6.45, 7) is 6.48. The van der Waals surface area contributed by atoms with Crippen molar-refractivity contribution in [3.05, 3.63) is 89.7 Å². The van der Waals surface area contributed by atoms with E-state index in [1.165, 1.54) is 11.1 Å². The Morgan fingerprint density at radius 1 is 0.919 bits per heavy atom. The third kappa shape index (κ3) is 6.42. The summed E-state index contributed by atoms with van der Waals surface area (Å²) >= 11 is 0. The van der Waals surface area contributed by atoms with Crippen LogP contribution in [0, 0.1) is 11.3 Å². The monoisotopic (exact) mass is 491 g/mol. The zero-order chi connectivity index (χ0) is 25.5. The number of pyridine rings is 2. The Balaban J connectivity index is 1.27. The Labute approximate surface area is 218 Å². The van der Waals surface area contributed by atoms with Crippen LogP contribution < -0.4 is 10.6 Å². The van der Waals surface area contributed by atoms with Gasteiger partial charge in [-0.25, -0.2) is 4.98 Å². The number of piperazine rings is 1. The molecule has 2 N–H and O–H groups in total. The molecule has 7 nitrogen and oxygen atoms in total. The number of aromatic nitrogens is 2. The lowest BCUT2D eigenvalue weighted by Crippen LogP contribution is -2.44. The van der Waals surface area contributed by atoms with Gasteiger partial charge in [-0.2, -0.15) is 5.26 Å². The van der Waals surface area contributed by atoms with E-state index in [1.54, 1.807) is 12.4 Å². The second-order valence-corrected chi connectivity index (χ2v) is 9.65. The molecule has 2 aromatic heterocycles. The number of hydrogen-bond acceptors (Lipinski definition) is 7. The van der Waals surface area contributed by atoms with Crippen LogP contribution in [-0.2, 0) is 6.42 Å². The molecule has 0 atom stereocenters. The Hall–Kier alpha value is -3.99. The molecule has 1 fully saturated rings. The minimum Gasteiger partial charge on any atom is -0.370 e. The lowest BCUT2D eigenvalue weighted by molar-refractivity contribution is 0.154. The maximum absolute atomic E-state index is 9.78. The molecule has 0 saturated carbocycles. The minimum absolute atomic E-state index is 0.507. The first-order valence-electron chi connectivity index (χ1n) is 12.9. The van der Waals surface area contributed by atoms with Crippen LogP contribution in [0.15, 0.2) is 73.1 Å². The number of rotatable bonds is 9. The fourth-order valence-corrected chi connectivity index (χ4v) is 4.68. The van der Waals surface area contributed by atoms with Gasteiger partial charge in [0.2, 0.25) is 0 Å². The molecule has 0 unspecified atom stereocenters. The van der Waals surface area contributed by atoms with Gasteiger partial charge < -0.3 is 20.4 Å². The Morgan fingerprint density at radius 3 is 2.43 bits per heavy atom. The van der Waals surface area contributed by atoms with Crippen molar-refractivity contribution in [2.45, 2.75) is 12.8 Å². The SMILES string of the molecule is CN1CCN(CCCNc2cc3c(Nc4ccc(Cc5ccccc5)cc4)c(C#N)cnc3cn2)CC1. The van der Waals surface area contributed by atoms with Gasteiger partial charge in [-0.1, -0.05) is 42.5 Å². The third-order valence-electron chi connectivity index (χ3n) is 6.90. The standard InChI is InChI=1S/C30H33N7/c1-36-14-16-37(17-15-36)13-5-12-32-29-19-27-28(22-34-29)33-21-25(20-31)30(27)35-26-10-8-24(9-11-26)18-23-6-3-2-4-7-23/h2-4,6-11,19,21-22H,5,12-18H2,1H3,(H,32,34)(H,33,35). The number of hydrogen-bond donors (Lipinski definition) is 2. The van der Waals surface area contributed by atoms with E-state index in [4.69, 9.17) is 0 Å². The fraction of sp³-hybridized carbons (Fsp3) is 0.300. The molecule has 0 bridgehead atoms. The smallest absolute Gasteiger partial charge is 0.126 e. The molecule has 0 radical (unpaired) electrons. The highest BCUT2D eigenvalue weighted by Crippen LogP contribution is 2.30. The van der Waals surface area contributed by atoms with Crippen LogP contribution in [0.5, 0.6) is 0 Å². The normalized spacial score (nSPS) is 14.4. The summed E-state index contributed by atoms with van der Waals surface area (Å²) in [4.78, 5) is 13.9. The second kappa shape index (κ2) is 11.8. The van der Waals surface area contributed by atoms with E-state index >= 15 is 0 Å². The summed E-state index contributed by atoms with van der Waals surface area (Å²) in [7, 11) is 2.18. The van der Waals surface area contributed by atoms with Gasteiger partial charge in [0.1, 0.15) is 11.9 Å². The molecule has 1 saturated heterocycles. The number of fused-ring (bicyclic) bond motifs is 1. The molecule has 188 valence electrons. The summed E-state index contributed by atoms with van der Waals surface area (Å²) in [5.74, 6) is 0.795. The Morgan fingerprint density at radius 2 is 1.68 bits per heavy atom. The summed E-state index contributed by atoms with van der Waals surface area (Å²) in [6.07, 6.45) is 5.32. The van der Waals surface area contributed by atoms with Gasteiger partial charge >= 0.3 is 0 Å². The molecule has 1 aliphatic heterocycles. The zero-order valence-electron chi connectivity index (χ0n) is 21.3. The van der Waals surface area contributed by atoms with E-state index in [0.717, 1.165) is 80.2 Å². The van der Waals surface area contributed by atoms with Crippen LogP contribution in [-0.4, -0.2) is 66.1 Å². The number of anilines is 3. The van der Waals surface area contributed by atoms with Crippen molar-refractivity contribution in [1.82, 2.24) is 19.8 Å². The van der Waals surface area contributed by atoms with E-state index in [-0.39, 0.29) is 0 Å². The van der Waals surface area contributed by atoms with Gasteiger partial charge in [-0.15, -0.1) is 0 Å². The van der Waals surface area contributed by atoms with Crippen molar-refractivity contribution in [2.24, 2.45) is 0 Å². The van der Waals surface area contributed by atoms with Crippen molar-refractivity contribution in [3.8, 4) is 6.07 Å². The van der Waals surface area contributed by atoms with Crippen molar-refractivity contribution < 1.29 is 0 Å². The summed E-state index contributed by atoms with van der Waals surface area (Å²) in [5, 5.41) is 17.6. The Bertz CT molecular complexity index is 1350. The highest BCUT2D eigenvalue weighted by Gasteiger charge is 2.14. The predicted octanol–water partition coefficient (Wildman–Crippen LogP) is 4.89. The highest BCUT2D eigenvalue weighted by atomic mass is 15.2. The number of likely N-dealkylation sites (N-methyl/N-ethyl adjacent to an activating group) is 1. The van der Waals surface area contributed by atoms with E-state index in [9.17, 15) is 5.26 Å². The van der Waals surface area contributed by atoms with Crippen LogP contribution in [0.25, 0.3) is 10.9 Å². The fourth-order valence-electron chi connectivity index (χ4n) is 4.68. The first kappa shape index (κ1) is 24.7. The van der Waals surface area contributed by atoms with E-state index < -0.39 is 0 Å². The summed E-state index contributed by atoms with van der Waals surface area (Å²) in [6, 6.07) is 23.1. The maximum atomic E-state index is 9.78. The van der Waals surface area contributed by atoms with Crippen molar-refractivity contribution in [2.75, 3.05) is 56.9 Å². The number of benzene rings is 2. The molecule has 3 heterocycles. The highest BCUT2D eigenvalue weighted by molar-refractivity contribution is 5.96. The van der Waals surface area contributed by atoms with E-state index in [1.807, 2.05) is 12.1 Å². The molecule has 4 aromatic rings. The van der Waals surface area contributed by atoms with Gasteiger partial charge in [0.15, 0.2) is 0 Å². The Kier molecular flexibility index (Phi) is 7.90. The van der Waals surface area contributed by atoms with E-state index in [2.05, 4.69) is 92.0 Å². The first-order chi connectivity index (χ1) is 18.2. The molecule has 0 spiro atoms. The summed E-state index contributed by atoms with van der Waals surface area (Å²) < 4.78 is 0. The lowest BCUT2D eigenvalue weighted by Gasteiger charge is -2.32. The van der Waals surface area contributed by atoms with Gasteiger partial charge in [0, 0.05) is 50.0 Å². The maximum Gasteiger partial charge on any atom is 0.126 e. The average Bonchev–Trinajstić information content (AvgIpc) is 2.94. The molecule has 37 heavy (non-hydrogen) atoms. The quantitative estimate of drug-likeness (QED) is 0.323. The second-order valence-electron chi connectivity index (χ2n) is 9.65. The molecule has 0 amide bonds. The minimum atomic E-state index is 0.507. The van der Waals surface area contributed by atoms with Gasteiger partial charge in [0.05, 0.1) is 23.0 Å². The number of nitriles is 1. The first-order valence-corrected chi connectivity index (χ1v) is 12.9. The topological polar surface area (TPSA) is 80.1 Å². The predicted molar refractivity (Wildman–Crippen MR) is 150 cm³/mol. The van der Waals surface area contributed by atoms with Gasteiger partial charge in [0.25, 0.3) is 0 Å². The van der Waals surface area contributed by atoms with Crippen LogP contribution >= 0.6 is 0 Å². The van der Waals surface area contributed by atoms with Crippen LogP contribution in [0.2, 0.25) is 0 Å². The number of nitrogens with one attached hydrogen (secondary N) is 2. The molecule has 0 aliphatic carbocycles. The molecular weight excluding hydrogens is 458 g/mol. The molecule has 5 rings (SSSR count). The van der Waals surface area contributed by atoms with Crippen LogP contribution in [0.1, 0.15) is 23.1 Å². The molecule has 2 aromatic carbocycles. The average molecular weight is 492 g/mol. The van der Waals surface area contributed by atoms with Crippen molar-refractivity contribution in [3.63, 3.8) is 0 Å². The van der Waals surface area contributed by atoms with Crippen molar-refractivity contribution in [1.29, 1.82) is 5.26 Å². The third-order valence-corrected chi connectivity index (χ3v) is 6.90. The van der Waals surface area contributed by atoms with Gasteiger partial charge in [-0.05, 0) is 55.8 Å². The van der Waals surface area contributed by atoms with Crippen LogP contribution in [0.4, 0.5) is 17.2 Å².